The van der Waals surface area contributed by atoms with Crippen LogP contribution in [0.25, 0.3) is 11.3 Å². The summed E-state index contributed by atoms with van der Waals surface area (Å²) in [5.74, 6) is 0.0287. The Kier molecular flexibility index (Phi) is 5.84. The van der Waals surface area contributed by atoms with Crippen molar-refractivity contribution in [3.8, 4) is 11.3 Å². The summed E-state index contributed by atoms with van der Waals surface area (Å²) in [4.78, 5) is 12.2. The Morgan fingerprint density at radius 3 is 2.62 bits per heavy atom. The van der Waals surface area contributed by atoms with Crippen molar-refractivity contribution in [3.05, 3.63) is 77.0 Å². The van der Waals surface area contributed by atoms with Gasteiger partial charge in [0.1, 0.15) is 12.0 Å². The summed E-state index contributed by atoms with van der Waals surface area (Å²) in [6.45, 7) is 4.73. The predicted octanol–water partition coefficient (Wildman–Crippen LogP) is 4.46. The second-order valence-electron chi connectivity index (χ2n) is 6.50. The SMILES string of the molecule is CCc1ccc(CNC(=O)CCc2conc2-c2cccc(C)c2)cc1. The molecule has 3 rings (SSSR count). The van der Waals surface area contributed by atoms with Gasteiger partial charge in [-0.05, 0) is 37.0 Å². The summed E-state index contributed by atoms with van der Waals surface area (Å²) in [5, 5.41) is 7.09. The Labute approximate surface area is 154 Å². The van der Waals surface area contributed by atoms with E-state index in [1.165, 1.54) is 11.1 Å². The molecular formula is C22H24N2O2. The van der Waals surface area contributed by atoms with Crippen LogP contribution < -0.4 is 5.32 Å². The number of hydrogen-bond donors (Lipinski definition) is 1. The fourth-order valence-electron chi connectivity index (χ4n) is 2.89. The normalized spacial score (nSPS) is 10.7. The van der Waals surface area contributed by atoms with E-state index in [2.05, 4.69) is 47.7 Å². The number of amides is 1. The molecule has 4 nitrogen and oxygen atoms in total. The summed E-state index contributed by atoms with van der Waals surface area (Å²) in [5.41, 5.74) is 6.38. The monoisotopic (exact) mass is 348 g/mol. The molecule has 0 aliphatic heterocycles. The van der Waals surface area contributed by atoms with Crippen LogP contribution in [0.2, 0.25) is 0 Å². The van der Waals surface area contributed by atoms with E-state index in [9.17, 15) is 4.79 Å². The largest absolute Gasteiger partial charge is 0.364 e. The number of aryl methyl sites for hydroxylation is 3. The number of carbonyl (C=O) groups is 1. The molecule has 0 spiro atoms. The number of nitrogens with zero attached hydrogens (tertiary/aromatic N) is 1. The van der Waals surface area contributed by atoms with Crippen LogP contribution in [0.15, 0.2) is 59.3 Å². The number of rotatable bonds is 7. The maximum Gasteiger partial charge on any atom is 0.220 e. The van der Waals surface area contributed by atoms with Crippen molar-refractivity contribution in [1.82, 2.24) is 10.5 Å². The van der Waals surface area contributed by atoms with Gasteiger partial charge in [0.05, 0.1) is 0 Å². The molecule has 4 heteroatoms. The number of carbonyl (C=O) groups excluding carboxylic acids is 1. The van der Waals surface area contributed by atoms with Crippen molar-refractivity contribution in [3.63, 3.8) is 0 Å². The Hall–Kier alpha value is -2.88. The second kappa shape index (κ2) is 8.48. The van der Waals surface area contributed by atoms with Crippen LogP contribution in [-0.4, -0.2) is 11.1 Å². The van der Waals surface area contributed by atoms with Crippen LogP contribution >= 0.6 is 0 Å². The molecule has 1 N–H and O–H groups in total. The highest BCUT2D eigenvalue weighted by Crippen LogP contribution is 2.24. The lowest BCUT2D eigenvalue weighted by Crippen LogP contribution is -2.23. The van der Waals surface area contributed by atoms with Crippen LogP contribution in [0, 0.1) is 6.92 Å². The molecule has 0 atom stereocenters. The summed E-state index contributed by atoms with van der Waals surface area (Å²) in [6.07, 6.45) is 3.67. The van der Waals surface area contributed by atoms with E-state index in [-0.39, 0.29) is 5.91 Å². The molecule has 26 heavy (non-hydrogen) atoms. The van der Waals surface area contributed by atoms with E-state index in [4.69, 9.17) is 4.52 Å². The Morgan fingerprint density at radius 1 is 1.12 bits per heavy atom. The molecule has 0 aliphatic rings. The van der Waals surface area contributed by atoms with Crippen LogP contribution in [0.5, 0.6) is 0 Å². The average molecular weight is 348 g/mol. The highest BCUT2D eigenvalue weighted by Gasteiger charge is 2.12. The van der Waals surface area contributed by atoms with Crippen molar-refractivity contribution in [1.29, 1.82) is 0 Å². The van der Waals surface area contributed by atoms with Gasteiger partial charge in [-0.1, -0.05) is 60.1 Å². The molecule has 0 bridgehead atoms. The third kappa shape index (κ3) is 4.60. The summed E-state index contributed by atoms with van der Waals surface area (Å²) in [7, 11) is 0. The zero-order chi connectivity index (χ0) is 18.4. The third-order valence-electron chi connectivity index (χ3n) is 4.48. The van der Waals surface area contributed by atoms with Crippen LogP contribution in [0.1, 0.15) is 35.6 Å². The van der Waals surface area contributed by atoms with Gasteiger partial charge >= 0.3 is 0 Å². The molecule has 0 saturated heterocycles. The zero-order valence-corrected chi connectivity index (χ0v) is 15.3. The standard InChI is InChI=1S/C22H24N2O2/c1-3-17-7-9-18(10-8-17)14-23-21(25)12-11-20-15-26-24-22(20)19-6-4-5-16(2)13-19/h4-10,13,15H,3,11-12,14H2,1-2H3,(H,23,25). The minimum absolute atomic E-state index is 0.0287. The van der Waals surface area contributed by atoms with E-state index in [1.54, 1.807) is 6.26 Å². The molecule has 0 aliphatic carbocycles. The first kappa shape index (κ1) is 17.9. The van der Waals surface area contributed by atoms with E-state index < -0.39 is 0 Å². The molecule has 0 radical (unpaired) electrons. The first-order valence-corrected chi connectivity index (χ1v) is 9.00. The van der Waals surface area contributed by atoms with Gasteiger partial charge in [-0.2, -0.15) is 0 Å². The Morgan fingerprint density at radius 2 is 1.88 bits per heavy atom. The number of aromatic nitrogens is 1. The molecule has 134 valence electrons. The minimum Gasteiger partial charge on any atom is -0.364 e. The van der Waals surface area contributed by atoms with Crippen molar-refractivity contribution in [2.45, 2.75) is 39.7 Å². The van der Waals surface area contributed by atoms with E-state index in [1.807, 2.05) is 25.1 Å². The molecule has 0 saturated carbocycles. The zero-order valence-electron chi connectivity index (χ0n) is 15.3. The Balaban J connectivity index is 1.54. The highest BCUT2D eigenvalue weighted by molar-refractivity contribution is 5.76. The molecule has 3 aromatic rings. The quantitative estimate of drug-likeness (QED) is 0.686. The number of nitrogens with one attached hydrogen (secondary N) is 1. The number of hydrogen-bond acceptors (Lipinski definition) is 3. The summed E-state index contributed by atoms with van der Waals surface area (Å²) < 4.78 is 5.14. The molecule has 1 heterocycles. The fraction of sp³-hybridized carbons (Fsp3) is 0.273. The second-order valence-corrected chi connectivity index (χ2v) is 6.50. The topological polar surface area (TPSA) is 55.1 Å². The number of benzene rings is 2. The van der Waals surface area contributed by atoms with Crippen LogP contribution in [0.4, 0.5) is 0 Å². The molecule has 0 fully saturated rings. The van der Waals surface area contributed by atoms with Crippen LogP contribution in [-0.2, 0) is 24.2 Å². The van der Waals surface area contributed by atoms with E-state index >= 15 is 0 Å². The first-order chi connectivity index (χ1) is 12.7. The van der Waals surface area contributed by atoms with E-state index in [0.717, 1.165) is 28.8 Å². The van der Waals surface area contributed by atoms with Gasteiger partial charge in [0.25, 0.3) is 0 Å². The van der Waals surface area contributed by atoms with Gasteiger partial charge in [-0.25, -0.2) is 0 Å². The summed E-state index contributed by atoms with van der Waals surface area (Å²) >= 11 is 0. The Bertz CT molecular complexity index is 866. The third-order valence-corrected chi connectivity index (χ3v) is 4.48. The highest BCUT2D eigenvalue weighted by atomic mass is 16.5. The summed E-state index contributed by atoms with van der Waals surface area (Å²) in [6, 6.07) is 16.5. The van der Waals surface area contributed by atoms with Gasteiger partial charge in [0.15, 0.2) is 0 Å². The van der Waals surface area contributed by atoms with Gasteiger partial charge in [-0.3, -0.25) is 4.79 Å². The molecule has 0 unspecified atom stereocenters. The molecule has 2 aromatic carbocycles. The van der Waals surface area contributed by atoms with Gasteiger partial charge in [-0.15, -0.1) is 0 Å². The van der Waals surface area contributed by atoms with Crippen molar-refractivity contribution in [2.24, 2.45) is 0 Å². The minimum atomic E-state index is 0.0287. The van der Waals surface area contributed by atoms with Crippen molar-refractivity contribution >= 4 is 5.91 Å². The maximum absolute atomic E-state index is 12.2. The average Bonchev–Trinajstić information content (AvgIpc) is 3.14. The van der Waals surface area contributed by atoms with Crippen molar-refractivity contribution < 1.29 is 9.32 Å². The van der Waals surface area contributed by atoms with Gasteiger partial charge in [0, 0.05) is 24.1 Å². The van der Waals surface area contributed by atoms with E-state index in [0.29, 0.717) is 19.4 Å². The lowest BCUT2D eigenvalue weighted by Gasteiger charge is -2.06. The van der Waals surface area contributed by atoms with Crippen LogP contribution in [0.3, 0.4) is 0 Å². The van der Waals surface area contributed by atoms with Gasteiger partial charge < -0.3 is 9.84 Å². The fourth-order valence-corrected chi connectivity index (χ4v) is 2.89. The predicted molar refractivity (Wildman–Crippen MR) is 103 cm³/mol. The smallest absolute Gasteiger partial charge is 0.220 e. The van der Waals surface area contributed by atoms with Crippen molar-refractivity contribution in [2.75, 3.05) is 0 Å². The molecule has 1 amide bonds. The molecular weight excluding hydrogens is 324 g/mol. The first-order valence-electron chi connectivity index (χ1n) is 9.00. The lowest BCUT2D eigenvalue weighted by atomic mass is 10.0. The lowest BCUT2D eigenvalue weighted by molar-refractivity contribution is -0.121. The van der Waals surface area contributed by atoms with Gasteiger partial charge in [0.2, 0.25) is 5.91 Å². The maximum atomic E-state index is 12.2. The molecule has 1 aromatic heterocycles.